The SMILES string of the molecule is Nc1cc(C(=O)OCC(=O)Nc2c(Cl)c(Cl)cc(Cl)c2Cl)ccc1Cl. The minimum atomic E-state index is -0.750. The summed E-state index contributed by atoms with van der Waals surface area (Å²) in [6.45, 7) is -0.585. The fraction of sp³-hybridized carbons (Fsp3) is 0.0667. The molecule has 0 spiro atoms. The van der Waals surface area contributed by atoms with Gasteiger partial charge in [0.15, 0.2) is 6.61 Å². The summed E-state index contributed by atoms with van der Waals surface area (Å²) in [4.78, 5) is 23.9. The van der Waals surface area contributed by atoms with Gasteiger partial charge in [0.2, 0.25) is 0 Å². The lowest BCUT2D eigenvalue weighted by Crippen LogP contribution is -2.21. The maximum atomic E-state index is 12.0. The number of nitrogens with two attached hydrogens (primary N) is 1. The van der Waals surface area contributed by atoms with Gasteiger partial charge in [-0.25, -0.2) is 4.79 Å². The van der Waals surface area contributed by atoms with Crippen LogP contribution in [0.3, 0.4) is 0 Å². The van der Waals surface area contributed by atoms with E-state index in [1.165, 1.54) is 24.3 Å². The van der Waals surface area contributed by atoms with Crippen LogP contribution in [-0.4, -0.2) is 18.5 Å². The summed E-state index contributed by atoms with van der Waals surface area (Å²) < 4.78 is 4.90. The molecule has 0 atom stereocenters. The molecule has 2 rings (SSSR count). The van der Waals surface area contributed by atoms with Gasteiger partial charge >= 0.3 is 5.97 Å². The Morgan fingerprint density at radius 1 is 0.960 bits per heavy atom. The van der Waals surface area contributed by atoms with Gasteiger partial charge in [0.05, 0.1) is 42.1 Å². The van der Waals surface area contributed by atoms with E-state index in [9.17, 15) is 9.59 Å². The zero-order valence-corrected chi connectivity index (χ0v) is 16.0. The van der Waals surface area contributed by atoms with E-state index in [2.05, 4.69) is 5.32 Å². The predicted molar refractivity (Wildman–Crippen MR) is 101 cm³/mol. The van der Waals surface area contributed by atoms with Crippen LogP contribution in [0.4, 0.5) is 11.4 Å². The molecular formula is C15H9Cl5N2O3. The van der Waals surface area contributed by atoms with Crippen molar-refractivity contribution in [2.24, 2.45) is 0 Å². The van der Waals surface area contributed by atoms with Gasteiger partial charge < -0.3 is 15.8 Å². The quantitative estimate of drug-likeness (QED) is 0.381. The van der Waals surface area contributed by atoms with E-state index in [0.717, 1.165) is 0 Å². The Bertz CT molecular complexity index is 831. The monoisotopic (exact) mass is 440 g/mol. The van der Waals surface area contributed by atoms with Crippen molar-refractivity contribution in [3.05, 3.63) is 54.9 Å². The van der Waals surface area contributed by atoms with Gasteiger partial charge in [0.1, 0.15) is 0 Å². The van der Waals surface area contributed by atoms with Crippen LogP contribution < -0.4 is 11.1 Å². The van der Waals surface area contributed by atoms with Crippen molar-refractivity contribution in [3.8, 4) is 0 Å². The lowest BCUT2D eigenvalue weighted by atomic mass is 10.2. The molecule has 0 bridgehead atoms. The number of carbonyl (C=O) groups is 2. The fourth-order valence-corrected chi connectivity index (χ4v) is 2.77. The number of amides is 1. The Kier molecular flexibility index (Phi) is 6.65. The highest BCUT2D eigenvalue weighted by molar-refractivity contribution is 6.50. The summed E-state index contributed by atoms with van der Waals surface area (Å²) >= 11 is 29.5. The van der Waals surface area contributed by atoms with Crippen molar-refractivity contribution in [1.29, 1.82) is 0 Å². The minimum absolute atomic E-state index is 0.0150. The number of carbonyl (C=O) groups excluding carboxylic acids is 2. The zero-order valence-electron chi connectivity index (χ0n) is 12.2. The molecule has 3 N–H and O–H groups in total. The van der Waals surface area contributed by atoms with Crippen molar-refractivity contribution in [1.82, 2.24) is 0 Å². The van der Waals surface area contributed by atoms with Gasteiger partial charge in [-0.05, 0) is 24.3 Å². The third-order valence-electron chi connectivity index (χ3n) is 2.94. The molecule has 2 aromatic carbocycles. The molecule has 0 aliphatic heterocycles. The van der Waals surface area contributed by atoms with Crippen LogP contribution in [0.25, 0.3) is 0 Å². The number of halogens is 5. The summed E-state index contributed by atoms with van der Waals surface area (Å²) in [5.41, 5.74) is 6.00. The number of nitrogens with one attached hydrogen (secondary N) is 1. The van der Waals surface area contributed by atoms with E-state index >= 15 is 0 Å². The Morgan fingerprint density at radius 3 is 2.12 bits per heavy atom. The second-order valence-corrected chi connectivity index (χ2v) is 6.68. The Balaban J connectivity index is 2.04. The Labute approximate surface area is 167 Å². The third kappa shape index (κ3) is 4.84. The minimum Gasteiger partial charge on any atom is -0.452 e. The van der Waals surface area contributed by atoms with E-state index in [1.54, 1.807) is 0 Å². The fourth-order valence-electron chi connectivity index (χ4n) is 1.74. The highest BCUT2D eigenvalue weighted by Gasteiger charge is 2.17. The van der Waals surface area contributed by atoms with Crippen molar-refractivity contribution in [2.75, 3.05) is 17.7 Å². The Morgan fingerprint density at radius 2 is 1.56 bits per heavy atom. The van der Waals surface area contributed by atoms with Gasteiger partial charge in [-0.3, -0.25) is 4.79 Å². The molecule has 0 saturated heterocycles. The van der Waals surface area contributed by atoms with E-state index in [-0.39, 0.29) is 37.0 Å². The van der Waals surface area contributed by atoms with Crippen LogP contribution in [0.2, 0.25) is 25.1 Å². The largest absolute Gasteiger partial charge is 0.452 e. The number of nitrogen functional groups attached to an aromatic ring is 1. The first kappa shape index (κ1) is 19.9. The van der Waals surface area contributed by atoms with E-state index in [1.807, 2.05) is 0 Å². The molecule has 5 nitrogen and oxygen atoms in total. The second-order valence-electron chi connectivity index (χ2n) is 4.70. The van der Waals surface area contributed by atoms with Gasteiger partial charge in [-0.2, -0.15) is 0 Å². The van der Waals surface area contributed by atoms with Crippen LogP contribution in [0.5, 0.6) is 0 Å². The molecule has 10 heteroatoms. The maximum Gasteiger partial charge on any atom is 0.338 e. The van der Waals surface area contributed by atoms with Gasteiger partial charge in [0, 0.05) is 0 Å². The molecule has 0 aliphatic carbocycles. The molecule has 0 unspecified atom stereocenters. The summed E-state index contributed by atoms with van der Waals surface area (Å²) in [5, 5.41) is 2.95. The van der Waals surface area contributed by atoms with Crippen molar-refractivity contribution < 1.29 is 14.3 Å². The Hall–Kier alpha value is -1.37. The number of benzene rings is 2. The van der Waals surface area contributed by atoms with Crippen molar-refractivity contribution in [3.63, 3.8) is 0 Å². The maximum absolute atomic E-state index is 12.0. The van der Waals surface area contributed by atoms with Crippen LogP contribution in [0, 0.1) is 0 Å². The summed E-state index contributed by atoms with van der Waals surface area (Å²) in [5.74, 6) is -1.43. The van der Waals surface area contributed by atoms with Gasteiger partial charge in [-0.1, -0.05) is 58.0 Å². The highest BCUT2D eigenvalue weighted by atomic mass is 35.5. The van der Waals surface area contributed by atoms with Crippen LogP contribution >= 0.6 is 58.0 Å². The van der Waals surface area contributed by atoms with E-state index in [0.29, 0.717) is 5.02 Å². The lowest BCUT2D eigenvalue weighted by Gasteiger charge is -2.12. The van der Waals surface area contributed by atoms with E-state index < -0.39 is 18.5 Å². The number of hydrogen-bond donors (Lipinski definition) is 2. The van der Waals surface area contributed by atoms with Crippen LogP contribution in [0.15, 0.2) is 24.3 Å². The lowest BCUT2D eigenvalue weighted by molar-refractivity contribution is -0.119. The number of rotatable bonds is 4. The van der Waals surface area contributed by atoms with Gasteiger partial charge in [-0.15, -0.1) is 0 Å². The highest BCUT2D eigenvalue weighted by Crippen LogP contribution is 2.40. The molecule has 0 aliphatic rings. The first-order chi connectivity index (χ1) is 11.7. The first-order valence-corrected chi connectivity index (χ1v) is 8.44. The van der Waals surface area contributed by atoms with Crippen molar-refractivity contribution >= 4 is 81.3 Å². The molecule has 0 saturated carbocycles. The first-order valence-electron chi connectivity index (χ1n) is 6.55. The molecule has 0 fully saturated rings. The number of ether oxygens (including phenoxy) is 1. The normalized spacial score (nSPS) is 10.4. The molecule has 0 heterocycles. The average molecular weight is 443 g/mol. The smallest absolute Gasteiger partial charge is 0.338 e. The molecule has 2 aromatic rings. The molecule has 132 valence electrons. The topological polar surface area (TPSA) is 81.4 Å². The van der Waals surface area contributed by atoms with E-state index in [4.69, 9.17) is 68.5 Å². The second kappa shape index (κ2) is 8.34. The number of anilines is 2. The summed E-state index contributed by atoms with van der Waals surface area (Å²) in [6.07, 6.45) is 0. The molecule has 0 radical (unpaired) electrons. The zero-order chi connectivity index (χ0) is 18.7. The molecule has 1 amide bonds. The predicted octanol–water partition coefficient (Wildman–Crippen LogP) is 5.33. The van der Waals surface area contributed by atoms with Crippen molar-refractivity contribution in [2.45, 2.75) is 0 Å². The standard InChI is InChI=1S/C15H9Cl5N2O3/c16-7-2-1-6(3-10(7)21)15(24)25-5-11(23)22-14-12(19)8(17)4-9(18)13(14)20/h1-4H,5,21H2,(H,22,23). The number of hydrogen-bond acceptors (Lipinski definition) is 4. The average Bonchev–Trinajstić information content (AvgIpc) is 2.57. The van der Waals surface area contributed by atoms with Crippen LogP contribution in [-0.2, 0) is 9.53 Å². The van der Waals surface area contributed by atoms with Crippen LogP contribution in [0.1, 0.15) is 10.4 Å². The molecular weight excluding hydrogens is 433 g/mol. The molecule has 25 heavy (non-hydrogen) atoms. The third-order valence-corrected chi connectivity index (χ3v) is 4.86. The van der Waals surface area contributed by atoms with Gasteiger partial charge in [0.25, 0.3) is 5.91 Å². The molecule has 0 aromatic heterocycles. The summed E-state index contributed by atoms with van der Waals surface area (Å²) in [6, 6.07) is 5.55. The summed E-state index contributed by atoms with van der Waals surface area (Å²) in [7, 11) is 0. The number of esters is 1.